The molecule has 2 fully saturated rings. The number of hydrogen-bond donors (Lipinski definition) is 3. The highest BCUT2D eigenvalue weighted by molar-refractivity contribution is 5.85. The first kappa shape index (κ1) is 20.0. The molecule has 2 rings (SSSR count). The predicted octanol–water partition coefficient (Wildman–Crippen LogP) is 2.37. The average molecular weight is 348 g/mol. The number of urea groups is 1. The molecule has 6 nitrogen and oxygen atoms in total. The molecule has 2 aliphatic rings. The van der Waals surface area contributed by atoms with Gasteiger partial charge in [-0.2, -0.15) is 0 Å². The summed E-state index contributed by atoms with van der Waals surface area (Å²) in [5.41, 5.74) is 0. The third-order valence-corrected chi connectivity index (χ3v) is 4.92. The van der Waals surface area contributed by atoms with E-state index in [1.54, 1.807) is 0 Å². The van der Waals surface area contributed by atoms with Crippen LogP contribution in [0.3, 0.4) is 0 Å². The minimum atomic E-state index is -0.746. The molecule has 7 heteroatoms. The number of piperidine rings is 1. The van der Waals surface area contributed by atoms with Crippen molar-refractivity contribution < 1.29 is 14.7 Å². The minimum Gasteiger partial charge on any atom is -0.480 e. The van der Waals surface area contributed by atoms with Gasteiger partial charge in [-0.05, 0) is 32.1 Å². The molecule has 0 aromatic heterocycles. The molecule has 0 aromatic rings. The number of likely N-dealkylation sites (tertiary alicyclic amines) is 1. The Kier molecular flexibility index (Phi) is 8.69. The summed E-state index contributed by atoms with van der Waals surface area (Å²) in [6, 6.07) is 0.0316. The minimum absolute atomic E-state index is 0. The van der Waals surface area contributed by atoms with Gasteiger partial charge in [-0.25, -0.2) is 4.79 Å². The summed E-state index contributed by atoms with van der Waals surface area (Å²) in [7, 11) is 0. The Labute approximate surface area is 144 Å². The number of nitrogens with zero attached hydrogens (tertiary/aromatic N) is 1. The number of halogens is 1. The Morgan fingerprint density at radius 1 is 1.04 bits per heavy atom. The maximum absolute atomic E-state index is 12.0. The van der Waals surface area contributed by atoms with Gasteiger partial charge in [0.2, 0.25) is 0 Å². The summed E-state index contributed by atoms with van der Waals surface area (Å²) >= 11 is 0. The zero-order valence-electron chi connectivity index (χ0n) is 13.9. The van der Waals surface area contributed by atoms with Crippen LogP contribution in [0.25, 0.3) is 0 Å². The van der Waals surface area contributed by atoms with E-state index in [0.29, 0.717) is 12.5 Å². The molecule has 0 spiro atoms. The first-order valence-electron chi connectivity index (χ1n) is 8.64. The van der Waals surface area contributed by atoms with Crippen LogP contribution in [0, 0.1) is 0 Å². The normalized spacial score (nSPS) is 22.0. The van der Waals surface area contributed by atoms with Gasteiger partial charge in [0.25, 0.3) is 0 Å². The lowest BCUT2D eigenvalue weighted by Crippen LogP contribution is -2.52. The Morgan fingerprint density at radius 3 is 2.04 bits per heavy atom. The van der Waals surface area contributed by atoms with Crippen molar-refractivity contribution >= 4 is 24.4 Å². The predicted molar refractivity (Wildman–Crippen MR) is 92.1 cm³/mol. The summed E-state index contributed by atoms with van der Waals surface area (Å²) in [5, 5.41) is 15.3. The first-order valence-corrected chi connectivity index (χ1v) is 8.64. The van der Waals surface area contributed by atoms with Crippen molar-refractivity contribution in [1.29, 1.82) is 0 Å². The molecule has 1 aliphatic carbocycles. The second kappa shape index (κ2) is 9.98. The van der Waals surface area contributed by atoms with Gasteiger partial charge in [0.1, 0.15) is 6.04 Å². The van der Waals surface area contributed by atoms with Crippen LogP contribution in [-0.4, -0.2) is 53.2 Å². The van der Waals surface area contributed by atoms with Crippen LogP contribution in [0.4, 0.5) is 4.79 Å². The average Bonchev–Trinajstić information content (AvgIpc) is 2.50. The summed E-state index contributed by atoms with van der Waals surface area (Å²) in [4.78, 5) is 25.2. The molecule has 0 bridgehead atoms. The Bertz CT molecular complexity index is 381. The highest BCUT2D eigenvalue weighted by Gasteiger charge is 2.29. The topological polar surface area (TPSA) is 81.7 Å². The summed E-state index contributed by atoms with van der Waals surface area (Å²) < 4.78 is 0. The monoisotopic (exact) mass is 347 g/mol. The second-order valence-corrected chi connectivity index (χ2v) is 6.53. The molecule has 1 unspecified atom stereocenters. The maximum atomic E-state index is 12.0. The van der Waals surface area contributed by atoms with Crippen LogP contribution in [0.5, 0.6) is 0 Å². The van der Waals surface area contributed by atoms with Crippen LogP contribution in [-0.2, 0) is 4.79 Å². The number of rotatable bonds is 5. The quantitative estimate of drug-likeness (QED) is 0.713. The highest BCUT2D eigenvalue weighted by atomic mass is 35.5. The highest BCUT2D eigenvalue weighted by Crippen LogP contribution is 2.18. The molecule has 0 aromatic carbocycles. The van der Waals surface area contributed by atoms with Crippen molar-refractivity contribution in [3.8, 4) is 0 Å². The number of hydrogen-bond acceptors (Lipinski definition) is 3. The van der Waals surface area contributed by atoms with Crippen LogP contribution >= 0.6 is 12.4 Å². The molecule has 134 valence electrons. The van der Waals surface area contributed by atoms with Crippen LogP contribution in [0.1, 0.15) is 58.3 Å². The summed E-state index contributed by atoms with van der Waals surface area (Å²) in [6.45, 7) is 3.37. The second-order valence-electron chi connectivity index (χ2n) is 6.53. The van der Waals surface area contributed by atoms with Gasteiger partial charge in [-0.15, -0.1) is 12.4 Å². The number of carbonyl (C=O) groups is 2. The van der Waals surface area contributed by atoms with Crippen LogP contribution < -0.4 is 10.6 Å². The van der Waals surface area contributed by atoms with Gasteiger partial charge >= 0.3 is 12.0 Å². The number of carboxylic acids is 1. The van der Waals surface area contributed by atoms with Crippen molar-refractivity contribution in [2.24, 2.45) is 0 Å². The van der Waals surface area contributed by atoms with E-state index < -0.39 is 12.0 Å². The van der Waals surface area contributed by atoms with Crippen molar-refractivity contribution in [1.82, 2.24) is 15.5 Å². The van der Waals surface area contributed by atoms with Gasteiger partial charge < -0.3 is 15.7 Å². The van der Waals surface area contributed by atoms with E-state index in [9.17, 15) is 14.7 Å². The molecule has 23 heavy (non-hydrogen) atoms. The molecule has 3 N–H and O–H groups in total. The fourth-order valence-electron chi connectivity index (χ4n) is 3.60. The van der Waals surface area contributed by atoms with E-state index >= 15 is 0 Å². The zero-order valence-corrected chi connectivity index (χ0v) is 14.7. The van der Waals surface area contributed by atoms with E-state index in [2.05, 4.69) is 10.6 Å². The molecule has 1 saturated carbocycles. The summed E-state index contributed by atoms with van der Waals surface area (Å²) in [5.74, 6) is -0.746. The first-order chi connectivity index (χ1) is 10.6. The van der Waals surface area contributed by atoms with Crippen molar-refractivity contribution in [2.45, 2.75) is 76.4 Å². The maximum Gasteiger partial charge on any atom is 0.320 e. The van der Waals surface area contributed by atoms with Gasteiger partial charge in [0.15, 0.2) is 0 Å². The molecular formula is C16H30ClN3O3. The third-order valence-electron chi connectivity index (χ3n) is 4.92. The Morgan fingerprint density at radius 2 is 1.57 bits per heavy atom. The fourth-order valence-corrected chi connectivity index (χ4v) is 3.60. The number of carbonyl (C=O) groups excluding carboxylic acids is 1. The standard InChI is InChI=1S/C16H29N3O3.ClH/c1-2-14(15(20)21)19-10-8-13(9-11-19)18-16(22)17-12-6-4-3-5-7-12;/h12-14H,2-11H2,1H3,(H,20,21)(H2,17,18,22);1H. The lowest BCUT2D eigenvalue weighted by Gasteiger charge is -2.35. The smallest absolute Gasteiger partial charge is 0.320 e. The largest absolute Gasteiger partial charge is 0.480 e. The molecule has 1 heterocycles. The molecule has 1 aliphatic heterocycles. The van der Waals surface area contributed by atoms with Crippen molar-refractivity contribution in [3.05, 3.63) is 0 Å². The third kappa shape index (κ3) is 6.18. The SMILES string of the molecule is CCC(C(=O)O)N1CCC(NC(=O)NC2CCCCC2)CC1.Cl. The van der Waals surface area contributed by atoms with Gasteiger partial charge in [-0.1, -0.05) is 26.2 Å². The molecule has 2 amide bonds. The van der Waals surface area contributed by atoms with E-state index in [1.165, 1.54) is 19.3 Å². The van der Waals surface area contributed by atoms with Crippen LogP contribution in [0.15, 0.2) is 0 Å². The van der Waals surface area contributed by atoms with Gasteiger partial charge in [0, 0.05) is 25.2 Å². The molecule has 1 saturated heterocycles. The van der Waals surface area contributed by atoms with Crippen molar-refractivity contribution in [3.63, 3.8) is 0 Å². The number of carboxylic acid groups (broad SMARTS) is 1. The Balaban J connectivity index is 0.00000264. The number of amides is 2. The van der Waals surface area contributed by atoms with Gasteiger partial charge in [0.05, 0.1) is 0 Å². The number of aliphatic carboxylic acids is 1. The van der Waals surface area contributed by atoms with Gasteiger partial charge in [-0.3, -0.25) is 9.69 Å². The fraction of sp³-hybridized carbons (Fsp3) is 0.875. The van der Waals surface area contributed by atoms with E-state index in [1.807, 2.05) is 11.8 Å². The van der Waals surface area contributed by atoms with Crippen LogP contribution in [0.2, 0.25) is 0 Å². The molecule has 0 radical (unpaired) electrons. The van der Waals surface area contributed by atoms with E-state index in [4.69, 9.17) is 0 Å². The zero-order chi connectivity index (χ0) is 15.9. The Hall–Kier alpha value is -1.01. The van der Waals surface area contributed by atoms with E-state index in [0.717, 1.165) is 38.8 Å². The number of nitrogens with one attached hydrogen (secondary N) is 2. The molecular weight excluding hydrogens is 318 g/mol. The lowest BCUT2D eigenvalue weighted by molar-refractivity contribution is -0.143. The van der Waals surface area contributed by atoms with Crippen molar-refractivity contribution in [2.75, 3.05) is 13.1 Å². The van der Waals surface area contributed by atoms with E-state index in [-0.39, 0.29) is 24.5 Å². The lowest BCUT2D eigenvalue weighted by atomic mass is 9.96. The molecule has 1 atom stereocenters. The summed E-state index contributed by atoms with van der Waals surface area (Å²) in [6.07, 6.45) is 8.12.